The molecule has 5 rings (SSSR count). The highest BCUT2D eigenvalue weighted by atomic mass is 32.2. The first-order valence-electron chi connectivity index (χ1n) is 12.1. The summed E-state index contributed by atoms with van der Waals surface area (Å²) in [4.78, 5) is 24.9. The maximum atomic E-state index is 14.8. The van der Waals surface area contributed by atoms with Crippen LogP contribution in [-0.4, -0.2) is 64.2 Å². The first-order valence-corrected chi connectivity index (χ1v) is 13.5. The van der Waals surface area contributed by atoms with Crippen LogP contribution < -0.4 is 5.32 Å². The number of aromatic nitrogens is 4. The first kappa shape index (κ1) is 25.9. The predicted molar refractivity (Wildman–Crippen MR) is 138 cm³/mol. The molecule has 1 N–H and O–H groups in total. The Morgan fingerprint density at radius 2 is 1.79 bits per heavy atom. The van der Waals surface area contributed by atoms with Crippen molar-refractivity contribution in [3.8, 4) is 0 Å². The second-order valence-corrected chi connectivity index (χ2v) is 11.2. The lowest BCUT2D eigenvalue weighted by Crippen LogP contribution is -2.44. The Balaban J connectivity index is 1.26. The van der Waals surface area contributed by atoms with Gasteiger partial charge in [-0.15, -0.1) is 0 Å². The van der Waals surface area contributed by atoms with Crippen LogP contribution in [-0.2, 0) is 15.9 Å². The van der Waals surface area contributed by atoms with Gasteiger partial charge in [-0.25, -0.2) is 22.4 Å². The fourth-order valence-corrected chi connectivity index (χ4v) is 5.84. The number of aryl methyl sites for hydroxylation is 1. The molecule has 38 heavy (non-hydrogen) atoms. The second-order valence-electron chi connectivity index (χ2n) is 9.38. The number of carbonyl (C=O) groups is 1. The normalized spacial score (nSPS) is 15.6. The van der Waals surface area contributed by atoms with Gasteiger partial charge >= 0.3 is 5.92 Å². The lowest BCUT2D eigenvalue weighted by molar-refractivity contribution is -0.0457. The highest BCUT2D eigenvalue weighted by Gasteiger charge is 2.36. The molecule has 0 spiro atoms. The van der Waals surface area contributed by atoms with Crippen LogP contribution in [0.15, 0.2) is 66.1 Å². The van der Waals surface area contributed by atoms with Crippen molar-refractivity contribution in [1.29, 1.82) is 0 Å². The zero-order valence-electron chi connectivity index (χ0n) is 20.6. The molecule has 4 aromatic rings. The Labute approximate surface area is 218 Å². The van der Waals surface area contributed by atoms with Gasteiger partial charge in [0.1, 0.15) is 17.8 Å². The van der Waals surface area contributed by atoms with Gasteiger partial charge in [0.05, 0.1) is 16.8 Å². The van der Waals surface area contributed by atoms with E-state index in [-0.39, 0.29) is 27.8 Å². The van der Waals surface area contributed by atoms with Gasteiger partial charge in [-0.3, -0.25) is 14.7 Å². The largest absolute Gasteiger partial charge is 0.367 e. The molecule has 4 heterocycles. The third-order valence-corrected chi connectivity index (χ3v) is 8.35. The van der Waals surface area contributed by atoms with Crippen molar-refractivity contribution in [3.63, 3.8) is 0 Å². The van der Waals surface area contributed by atoms with Crippen molar-refractivity contribution in [2.45, 2.75) is 36.6 Å². The summed E-state index contributed by atoms with van der Waals surface area (Å²) in [7, 11) is -3.84. The molecule has 0 saturated carbocycles. The number of hydrogen-bond acceptors (Lipinski definition) is 8. The minimum absolute atomic E-state index is 0.0278. The molecule has 0 unspecified atom stereocenters. The lowest BCUT2D eigenvalue weighted by atomic mass is 10.0. The fraction of sp³-hybridized carbons (Fsp3) is 0.308. The Morgan fingerprint density at radius 3 is 2.45 bits per heavy atom. The molecule has 0 bridgehead atoms. The number of rotatable bonds is 8. The monoisotopic (exact) mass is 540 g/mol. The molecule has 1 aliphatic rings. The first-order chi connectivity index (χ1) is 18.2. The van der Waals surface area contributed by atoms with Gasteiger partial charge in [0.15, 0.2) is 11.9 Å². The van der Waals surface area contributed by atoms with E-state index in [0.29, 0.717) is 43.4 Å². The van der Waals surface area contributed by atoms with E-state index in [1.165, 1.54) is 24.7 Å². The van der Waals surface area contributed by atoms with Gasteiger partial charge in [0, 0.05) is 37.1 Å². The van der Waals surface area contributed by atoms with E-state index in [0.717, 1.165) is 15.7 Å². The topological polar surface area (TPSA) is 110 Å². The van der Waals surface area contributed by atoms with E-state index in [2.05, 4.69) is 20.3 Å². The molecular weight excluding hydrogens is 514 g/mol. The summed E-state index contributed by atoms with van der Waals surface area (Å²) in [6.45, 7) is 2.30. The van der Waals surface area contributed by atoms with Crippen LogP contribution in [0.3, 0.4) is 0 Å². The number of nitrogens with zero attached hydrogens (tertiary/aromatic N) is 5. The molecule has 1 fully saturated rings. The molecule has 0 amide bonds. The van der Waals surface area contributed by atoms with Crippen LogP contribution in [0.25, 0.3) is 11.0 Å². The third kappa shape index (κ3) is 5.14. The van der Waals surface area contributed by atoms with Gasteiger partial charge in [-0.05, 0) is 50.1 Å². The van der Waals surface area contributed by atoms with Gasteiger partial charge < -0.3 is 5.32 Å². The number of hydrogen-bond donors (Lipinski definition) is 1. The molecule has 12 heteroatoms. The van der Waals surface area contributed by atoms with Crippen molar-refractivity contribution in [2.24, 2.45) is 0 Å². The van der Waals surface area contributed by atoms with Crippen LogP contribution in [0.2, 0.25) is 0 Å². The molecule has 198 valence electrons. The zero-order valence-corrected chi connectivity index (χ0v) is 21.4. The molecular formula is C26H26F2N6O3S. The van der Waals surface area contributed by atoms with E-state index in [4.69, 9.17) is 0 Å². The van der Waals surface area contributed by atoms with Crippen LogP contribution in [0.5, 0.6) is 0 Å². The number of likely N-dealkylation sites (tertiary alicyclic amines) is 1. The van der Waals surface area contributed by atoms with Crippen molar-refractivity contribution in [2.75, 3.05) is 25.0 Å². The number of pyridine rings is 1. The number of alkyl halides is 2. The third-order valence-electron chi connectivity index (χ3n) is 6.67. The highest BCUT2D eigenvalue weighted by Crippen LogP contribution is 2.30. The average molecular weight is 541 g/mol. The molecule has 0 aliphatic carbocycles. The minimum Gasteiger partial charge on any atom is -0.367 e. The minimum atomic E-state index is -3.84. The molecule has 1 saturated heterocycles. The summed E-state index contributed by atoms with van der Waals surface area (Å²) in [5.74, 6) is -2.65. The van der Waals surface area contributed by atoms with E-state index in [1.54, 1.807) is 35.2 Å². The quantitative estimate of drug-likeness (QED) is 0.336. The number of benzene rings is 1. The molecule has 9 nitrogen and oxygen atoms in total. The van der Waals surface area contributed by atoms with Crippen molar-refractivity contribution >= 4 is 33.2 Å². The Hall–Kier alpha value is -3.77. The van der Waals surface area contributed by atoms with E-state index in [1.807, 2.05) is 6.92 Å². The van der Waals surface area contributed by atoms with Crippen molar-refractivity contribution in [1.82, 2.24) is 23.8 Å². The number of nitrogens with one attached hydrogen (secondary N) is 1. The number of anilines is 1. The standard InChI is InChI=1S/C26H26F2N6O3S/c1-18-2-5-21(6-3-18)38(36,37)34-13-10-22-24(30-17-31-25(22)34)32-20-8-11-33(12-9-20)16-26(27,28)23-7-4-19(15-35)14-29-23/h2-7,10,13-15,17,20H,8-9,11-12,16H2,1H3,(H,30,31,32). The Kier molecular flexibility index (Phi) is 6.93. The summed E-state index contributed by atoms with van der Waals surface area (Å²) < 4.78 is 57.1. The average Bonchev–Trinajstić information content (AvgIpc) is 3.36. The van der Waals surface area contributed by atoms with Crippen molar-refractivity contribution < 1.29 is 22.0 Å². The maximum absolute atomic E-state index is 14.8. The number of fused-ring (bicyclic) bond motifs is 1. The Morgan fingerprint density at radius 1 is 1.05 bits per heavy atom. The summed E-state index contributed by atoms with van der Waals surface area (Å²) in [6.07, 6.45) is 5.68. The van der Waals surface area contributed by atoms with Gasteiger partial charge in [-0.2, -0.15) is 8.78 Å². The number of piperidine rings is 1. The number of carbonyl (C=O) groups excluding carboxylic acids is 1. The second kappa shape index (κ2) is 10.2. The van der Waals surface area contributed by atoms with Crippen LogP contribution in [0.1, 0.15) is 34.5 Å². The van der Waals surface area contributed by atoms with E-state index in [9.17, 15) is 22.0 Å². The molecule has 3 aromatic heterocycles. The molecule has 1 aromatic carbocycles. The molecule has 1 aliphatic heterocycles. The van der Waals surface area contributed by atoms with Crippen LogP contribution in [0.4, 0.5) is 14.6 Å². The smallest absolute Gasteiger partial charge is 0.302 e. The van der Waals surface area contributed by atoms with Gasteiger partial charge in [-0.1, -0.05) is 17.7 Å². The zero-order chi connectivity index (χ0) is 26.9. The lowest BCUT2D eigenvalue weighted by Gasteiger charge is -2.34. The number of aldehydes is 1. The van der Waals surface area contributed by atoms with Gasteiger partial charge in [0.2, 0.25) is 0 Å². The molecule has 0 radical (unpaired) electrons. The van der Waals surface area contributed by atoms with Gasteiger partial charge in [0.25, 0.3) is 10.0 Å². The van der Waals surface area contributed by atoms with Crippen LogP contribution >= 0.6 is 0 Å². The van der Waals surface area contributed by atoms with Crippen molar-refractivity contribution in [3.05, 3.63) is 78.0 Å². The summed E-state index contributed by atoms with van der Waals surface area (Å²) in [5, 5.41) is 3.90. The van der Waals surface area contributed by atoms with E-state index < -0.39 is 22.5 Å². The van der Waals surface area contributed by atoms with E-state index >= 15 is 0 Å². The number of halogens is 2. The molecule has 0 atom stereocenters. The summed E-state index contributed by atoms with van der Waals surface area (Å²) >= 11 is 0. The Bertz CT molecular complexity index is 1550. The summed E-state index contributed by atoms with van der Waals surface area (Å²) in [5.41, 5.74) is 1.10. The van der Waals surface area contributed by atoms with Crippen LogP contribution in [0, 0.1) is 6.92 Å². The predicted octanol–water partition coefficient (Wildman–Crippen LogP) is 3.85. The summed E-state index contributed by atoms with van der Waals surface area (Å²) in [6, 6.07) is 10.7. The SMILES string of the molecule is Cc1ccc(S(=O)(=O)n2ccc3c(NC4CCN(CC(F)(F)c5ccc(C=O)cn5)CC4)ncnc32)cc1. The maximum Gasteiger partial charge on any atom is 0.302 e. The highest BCUT2D eigenvalue weighted by molar-refractivity contribution is 7.90. The fourth-order valence-electron chi connectivity index (χ4n) is 4.54.